The zero-order valence-electron chi connectivity index (χ0n) is 18.7. The Hall–Kier alpha value is -2.34. The maximum Gasteiger partial charge on any atom is 0.424 e. The van der Waals surface area contributed by atoms with E-state index in [0.29, 0.717) is 12.5 Å². The SMILES string of the molecule is CCNC(=NCCC(O)(c1nccn1C)C(F)(F)F)NC(C)c1cccc2ccccc12.I. The average Bonchev–Trinajstić information content (AvgIpc) is 3.18. The summed E-state index contributed by atoms with van der Waals surface area (Å²) in [5.41, 5.74) is -2.04. The van der Waals surface area contributed by atoms with Crippen LogP contribution in [0.5, 0.6) is 0 Å². The Kier molecular flexibility index (Phi) is 9.12. The van der Waals surface area contributed by atoms with Crippen LogP contribution in [-0.2, 0) is 12.6 Å². The van der Waals surface area contributed by atoms with Crippen molar-refractivity contribution >= 4 is 40.7 Å². The highest BCUT2D eigenvalue weighted by atomic mass is 127. The lowest BCUT2D eigenvalue weighted by Gasteiger charge is -2.29. The third-order valence-corrected chi connectivity index (χ3v) is 5.39. The van der Waals surface area contributed by atoms with E-state index >= 15 is 0 Å². The third kappa shape index (κ3) is 5.97. The van der Waals surface area contributed by atoms with E-state index in [2.05, 4.69) is 20.6 Å². The van der Waals surface area contributed by atoms with Gasteiger partial charge in [0.15, 0.2) is 5.96 Å². The zero-order valence-corrected chi connectivity index (χ0v) is 21.1. The Bertz CT molecular complexity index is 1080. The summed E-state index contributed by atoms with van der Waals surface area (Å²) in [6.07, 6.45) is -2.94. The molecule has 1 heterocycles. The fraction of sp³-hybridized carbons (Fsp3) is 0.391. The summed E-state index contributed by atoms with van der Waals surface area (Å²) in [6, 6.07) is 13.9. The average molecular weight is 575 g/mol. The topological polar surface area (TPSA) is 74.5 Å². The number of fused-ring (bicyclic) bond motifs is 1. The van der Waals surface area contributed by atoms with Gasteiger partial charge in [-0.05, 0) is 30.2 Å². The third-order valence-electron chi connectivity index (χ3n) is 5.39. The van der Waals surface area contributed by atoms with Crippen LogP contribution in [0.4, 0.5) is 13.2 Å². The van der Waals surface area contributed by atoms with Crippen LogP contribution in [0.25, 0.3) is 10.8 Å². The second kappa shape index (κ2) is 11.2. The molecule has 6 nitrogen and oxygen atoms in total. The van der Waals surface area contributed by atoms with Gasteiger partial charge in [0.1, 0.15) is 5.82 Å². The van der Waals surface area contributed by atoms with Gasteiger partial charge in [0, 0.05) is 39.0 Å². The van der Waals surface area contributed by atoms with Gasteiger partial charge in [-0.15, -0.1) is 24.0 Å². The molecule has 0 fully saturated rings. The van der Waals surface area contributed by atoms with Crippen molar-refractivity contribution in [3.05, 3.63) is 66.2 Å². The zero-order chi connectivity index (χ0) is 23.4. The van der Waals surface area contributed by atoms with Gasteiger partial charge in [-0.2, -0.15) is 13.2 Å². The number of hydrogen-bond donors (Lipinski definition) is 3. The van der Waals surface area contributed by atoms with Gasteiger partial charge in [0.2, 0.25) is 5.60 Å². The van der Waals surface area contributed by atoms with Crippen molar-refractivity contribution in [2.24, 2.45) is 12.0 Å². The summed E-state index contributed by atoms with van der Waals surface area (Å²) in [7, 11) is 1.42. The molecule has 0 saturated carbocycles. The number of benzene rings is 2. The van der Waals surface area contributed by atoms with Crippen LogP contribution in [0.15, 0.2) is 59.9 Å². The van der Waals surface area contributed by atoms with Crippen molar-refractivity contribution < 1.29 is 18.3 Å². The predicted octanol–water partition coefficient (Wildman–Crippen LogP) is 4.65. The van der Waals surface area contributed by atoms with E-state index in [1.807, 2.05) is 56.3 Å². The van der Waals surface area contributed by atoms with E-state index in [9.17, 15) is 18.3 Å². The summed E-state index contributed by atoms with van der Waals surface area (Å²) < 4.78 is 42.3. The van der Waals surface area contributed by atoms with E-state index in [1.54, 1.807) is 0 Å². The van der Waals surface area contributed by atoms with Crippen molar-refractivity contribution in [2.75, 3.05) is 13.1 Å². The normalized spacial score (nSPS) is 14.9. The maximum atomic E-state index is 13.7. The van der Waals surface area contributed by atoms with Crippen LogP contribution in [0.1, 0.15) is 37.7 Å². The monoisotopic (exact) mass is 575 g/mol. The molecule has 33 heavy (non-hydrogen) atoms. The van der Waals surface area contributed by atoms with Gasteiger partial charge in [0.05, 0.1) is 6.04 Å². The van der Waals surface area contributed by atoms with Crippen LogP contribution in [0.2, 0.25) is 0 Å². The van der Waals surface area contributed by atoms with Gasteiger partial charge >= 0.3 is 6.18 Å². The second-order valence-corrected chi connectivity index (χ2v) is 7.66. The number of rotatable bonds is 7. The number of aliphatic imine (C=N–C) groups is 1. The van der Waals surface area contributed by atoms with Crippen LogP contribution in [0, 0.1) is 0 Å². The first-order chi connectivity index (χ1) is 15.2. The molecule has 0 aliphatic carbocycles. The molecule has 0 aliphatic heterocycles. The number of aromatic nitrogens is 2. The molecule has 0 radical (unpaired) electrons. The van der Waals surface area contributed by atoms with Gasteiger partial charge in [0.25, 0.3) is 0 Å². The van der Waals surface area contributed by atoms with Gasteiger partial charge in [-0.3, -0.25) is 4.99 Å². The Labute approximate surface area is 208 Å². The summed E-state index contributed by atoms with van der Waals surface area (Å²) in [6.45, 7) is 4.13. The van der Waals surface area contributed by atoms with E-state index in [4.69, 9.17) is 0 Å². The van der Waals surface area contributed by atoms with Crippen LogP contribution >= 0.6 is 24.0 Å². The molecule has 0 amide bonds. The van der Waals surface area contributed by atoms with E-state index in [0.717, 1.165) is 16.3 Å². The molecule has 3 N–H and O–H groups in total. The van der Waals surface area contributed by atoms with E-state index < -0.39 is 24.0 Å². The summed E-state index contributed by atoms with van der Waals surface area (Å²) in [5.74, 6) is -0.0837. The summed E-state index contributed by atoms with van der Waals surface area (Å²) in [4.78, 5) is 8.01. The number of guanidine groups is 1. The minimum atomic E-state index is -4.89. The van der Waals surface area contributed by atoms with Crippen molar-refractivity contribution in [2.45, 2.75) is 38.1 Å². The summed E-state index contributed by atoms with van der Waals surface area (Å²) >= 11 is 0. The van der Waals surface area contributed by atoms with Crippen molar-refractivity contribution in [1.82, 2.24) is 20.2 Å². The minimum absolute atomic E-state index is 0. The molecule has 2 atom stereocenters. The number of alkyl halides is 3. The first-order valence-electron chi connectivity index (χ1n) is 10.5. The molecule has 0 spiro atoms. The van der Waals surface area contributed by atoms with Gasteiger partial charge in [-0.1, -0.05) is 42.5 Å². The highest BCUT2D eigenvalue weighted by Gasteiger charge is 2.57. The first kappa shape index (κ1) is 26.9. The molecule has 1 aromatic heterocycles. The smallest absolute Gasteiger partial charge is 0.374 e. The molecule has 2 aromatic carbocycles. The lowest BCUT2D eigenvalue weighted by Crippen LogP contribution is -2.45. The number of aliphatic hydroxyl groups is 1. The quantitative estimate of drug-likeness (QED) is 0.218. The molecule has 3 rings (SSSR count). The van der Waals surface area contributed by atoms with Crippen LogP contribution < -0.4 is 10.6 Å². The molecule has 0 bridgehead atoms. The maximum absolute atomic E-state index is 13.7. The highest BCUT2D eigenvalue weighted by molar-refractivity contribution is 14.0. The fourth-order valence-corrected chi connectivity index (χ4v) is 3.70. The number of halogens is 4. The van der Waals surface area contributed by atoms with Crippen LogP contribution in [-0.4, -0.2) is 39.9 Å². The Morgan fingerprint density at radius 2 is 1.88 bits per heavy atom. The molecule has 3 aromatic rings. The minimum Gasteiger partial charge on any atom is -0.374 e. The molecule has 180 valence electrons. The number of imidazole rings is 1. The Morgan fingerprint density at radius 1 is 1.18 bits per heavy atom. The second-order valence-electron chi connectivity index (χ2n) is 7.66. The predicted molar refractivity (Wildman–Crippen MR) is 135 cm³/mol. The van der Waals surface area contributed by atoms with Gasteiger partial charge in [-0.25, -0.2) is 4.98 Å². The fourth-order valence-electron chi connectivity index (χ4n) is 3.70. The lowest BCUT2D eigenvalue weighted by atomic mass is 9.98. The van der Waals surface area contributed by atoms with Crippen molar-refractivity contribution in [1.29, 1.82) is 0 Å². The highest BCUT2D eigenvalue weighted by Crippen LogP contribution is 2.40. The lowest BCUT2D eigenvalue weighted by molar-refractivity contribution is -0.272. The van der Waals surface area contributed by atoms with Crippen LogP contribution in [0.3, 0.4) is 0 Å². The van der Waals surface area contributed by atoms with E-state index in [1.165, 1.54) is 24.0 Å². The number of hydrogen-bond acceptors (Lipinski definition) is 3. The number of nitrogens with zero attached hydrogens (tertiary/aromatic N) is 3. The molecule has 2 unspecified atom stereocenters. The Balaban J connectivity index is 0.00000385. The van der Waals surface area contributed by atoms with Crippen molar-refractivity contribution in [3.63, 3.8) is 0 Å². The molecule has 0 saturated heterocycles. The Morgan fingerprint density at radius 3 is 2.52 bits per heavy atom. The number of aryl methyl sites for hydroxylation is 1. The first-order valence-corrected chi connectivity index (χ1v) is 10.5. The molecule has 10 heteroatoms. The standard InChI is InChI=1S/C23H28F3N5O.HI/c1-4-27-21(30-16(2)18-11-7-9-17-8-5-6-10-19(17)18)29-13-12-22(32,23(24,25)26)20-28-14-15-31(20)3;/h5-11,14-16,32H,4,12-13H2,1-3H3,(H2,27,29,30);1H. The molecular weight excluding hydrogens is 546 g/mol. The van der Waals surface area contributed by atoms with Gasteiger partial charge < -0.3 is 20.3 Å². The molecule has 0 aliphatic rings. The van der Waals surface area contributed by atoms with Crippen molar-refractivity contribution in [3.8, 4) is 0 Å². The summed E-state index contributed by atoms with van der Waals surface area (Å²) in [5, 5.41) is 19.0. The molecular formula is C23H29F3IN5O. The largest absolute Gasteiger partial charge is 0.424 e. The number of nitrogens with one attached hydrogen (secondary N) is 2. The van der Waals surface area contributed by atoms with E-state index in [-0.39, 0.29) is 36.6 Å².